The van der Waals surface area contributed by atoms with E-state index >= 15 is 0 Å². The average molecular weight is 334 g/mol. The van der Waals surface area contributed by atoms with Crippen LogP contribution in [0.25, 0.3) is 34.7 Å². The molecule has 0 aliphatic carbocycles. The Bertz CT molecular complexity index is 950. The molecule has 124 valence electrons. The first-order valence-electron chi connectivity index (χ1n) is 8.61. The van der Waals surface area contributed by atoms with Crippen molar-refractivity contribution in [3.05, 3.63) is 108 Å². The van der Waals surface area contributed by atoms with Gasteiger partial charge in [0.1, 0.15) is 0 Å². The van der Waals surface area contributed by atoms with Crippen molar-refractivity contribution in [2.24, 2.45) is 0 Å². The molecule has 0 radical (unpaired) electrons. The normalized spacial score (nSPS) is 10.9. The zero-order chi connectivity index (χ0) is 17.6. The van der Waals surface area contributed by atoms with E-state index in [2.05, 4.69) is 36.4 Å². The molecule has 0 N–H and O–H groups in total. The molecule has 0 fully saturated rings. The Balaban J connectivity index is 1.79. The van der Waals surface area contributed by atoms with Crippen molar-refractivity contribution in [2.45, 2.75) is 0 Å². The van der Waals surface area contributed by atoms with Gasteiger partial charge < -0.3 is 0 Å². The lowest BCUT2D eigenvalue weighted by atomic mass is 10.1. The van der Waals surface area contributed by atoms with Crippen LogP contribution in [-0.2, 0) is 0 Å². The number of aromatic nitrogens is 2. The van der Waals surface area contributed by atoms with Gasteiger partial charge >= 0.3 is 0 Å². The fraction of sp³-hybridized carbons (Fsp3) is 0. The first-order chi connectivity index (χ1) is 12.9. The molecule has 0 unspecified atom stereocenters. The van der Waals surface area contributed by atoms with Crippen LogP contribution in [0.3, 0.4) is 0 Å². The largest absolute Gasteiger partial charge is 0.229 e. The lowest BCUT2D eigenvalue weighted by Crippen LogP contribution is -1.95. The highest BCUT2D eigenvalue weighted by molar-refractivity contribution is 5.72. The molecule has 0 saturated carbocycles. The molecule has 0 bridgehead atoms. The minimum absolute atomic E-state index is 0.703. The summed E-state index contributed by atoms with van der Waals surface area (Å²) >= 11 is 0. The van der Waals surface area contributed by atoms with E-state index in [-0.39, 0.29) is 0 Å². The number of hydrogen-bond acceptors (Lipinski definition) is 2. The van der Waals surface area contributed by atoms with E-state index < -0.39 is 0 Å². The molecular formula is C24H18N2. The van der Waals surface area contributed by atoms with Gasteiger partial charge in [-0.25, -0.2) is 9.97 Å². The summed E-state index contributed by atoms with van der Waals surface area (Å²) in [5.41, 5.74) is 5.14. The summed E-state index contributed by atoms with van der Waals surface area (Å²) in [5, 5.41) is 0. The molecule has 1 heterocycles. The van der Waals surface area contributed by atoms with Crippen LogP contribution in [0.4, 0.5) is 0 Å². The Morgan fingerprint density at radius 1 is 0.500 bits per heavy atom. The van der Waals surface area contributed by atoms with Crippen LogP contribution in [0.2, 0.25) is 0 Å². The molecule has 4 aromatic rings. The predicted octanol–water partition coefficient (Wildman–Crippen LogP) is 5.98. The second kappa shape index (κ2) is 7.58. The van der Waals surface area contributed by atoms with Crippen LogP contribution >= 0.6 is 0 Å². The molecule has 1 aromatic heterocycles. The molecule has 4 rings (SSSR count). The van der Waals surface area contributed by atoms with E-state index in [1.165, 1.54) is 0 Å². The van der Waals surface area contributed by atoms with Crippen LogP contribution in [0.5, 0.6) is 0 Å². The standard InChI is InChI=1S/C24H18N2/c1-4-10-19(11-5-1)16-17-24-25-22(20-12-6-2-7-13-20)18-23(26-24)21-14-8-3-9-15-21/h1-18H/b17-16-. The first-order valence-corrected chi connectivity index (χ1v) is 8.61. The summed E-state index contributed by atoms with van der Waals surface area (Å²) < 4.78 is 0. The Morgan fingerprint density at radius 3 is 1.46 bits per heavy atom. The monoisotopic (exact) mass is 334 g/mol. The van der Waals surface area contributed by atoms with Crippen LogP contribution in [-0.4, -0.2) is 9.97 Å². The summed E-state index contributed by atoms with van der Waals surface area (Å²) in [4.78, 5) is 9.49. The van der Waals surface area contributed by atoms with Crippen molar-refractivity contribution in [2.75, 3.05) is 0 Å². The number of hydrogen-bond donors (Lipinski definition) is 0. The van der Waals surface area contributed by atoms with E-state index in [1.807, 2.05) is 72.8 Å². The smallest absolute Gasteiger partial charge is 0.153 e. The summed E-state index contributed by atoms with van der Waals surface area (Å²) in [5.74, 6) is 0.703. The molecule has 0 saturated heterocycles. The zero-order valence-electron chi connectivity index (χ0n) is 14.3. The van der Waals surface area contributed by atoms with E-state index in [0.29, 0.717) is 5.82 Å². The van der Waals surface area contributed by atoms with Gasteiger partial charge in [0.25, 0.3) is 0 Å². The van der Waals surface area contributed by atoms with Crippen molar-refractivity contribution in [1.29, 1.82) is 0 Å². The van der Waals surface area contributed by atoms with Crippen molar-refractivity contribution in [3.8, 4) is 22.5 Å². The van der Waals surface area contributed by atoms with Gasteiger partial charge in [-0.1, -0.05) is 97.1 Å². The van der Waals surface area contributed by atoms with Crippen LogP contribution in [0.15, 0.2) is 97.1 Å². The van der Waals surface area contributed by atoms with Gasteiger partial charge in [0, 0.05) is 11.1 Å². The summed E-state index contributed by atoms with van der Waals surface area (Å²) in [6.45, 7) is 0. The van der Waals surface area contributed by atoms with E-state index in [9.17, 15) is 0 Å². The molecule has 26 heavy (non-hydrogen) atoms. The highest BCUT2D eigenvalue weighted by atomic mass is 14.9. The Morgan fingerprint density at radius 2 is 0.962 bits per heavy atom. The first kappa shape index (κ1) is 16.0. The average Bonchev–Trinajstić information content (AvgIpc) is 2.74. The highest BCUT2D eigenvalue weighted by Gasteiger charge is 2.07. The Labute approximate surface area is 153 Å². The molecule has 0 aliphatic heterocycles. The Kier molecular flexibility index (Phi) is 4.66. The zero-order valence-corrected chi connectivity index (χ0v) is 14.3. The maximum atomic E-state index is 4.75. The topological polar surface area (TPSA) is 25.8 Å². The number of rotatable bonds is 4. The minimum atomic E-state index is 0.703. The second-order valence-electron chi connectivity index (χ2n) is 5.97. The summed E-state index contributed by atoms with van der Waals surface area (Å²) in [7, 11) is 0. The quantitative estimate of drug-likeness (QED) is 0.459. The van der Waals surface area contributed by atoms with E-state index in [0.717, 1.165) is 28.1 Å². The van der Waals surface area contributed by atoms with Crippen molar-refractivity contribution < 1.29 is 0 Å². The maximum absolute atomic E-state index is 4.75. The molecule has 3 aromatic carbocycles. The maximum Gasteiger partial charge on any atom is 0.153 e. The van der Waals surface area contributed by atoms with Crippen LogP contribution < -0.4 is 0 Å². The number of benzene rings is 3. The minimum Gasteiger partial charge on any atom is -0.229 e. The molecule has 2 heteroatoms. The van der Waals surface area contributed by atoms with E-state index in [1.54, 1.807) is 0 Å². The summed E-state index contributed by atoms with van der Waals surface area (Å²) in [6, 6.07) is 32.7. The third-order valence-corrected chi connectivity index (χ3v) is 4.11. The van der Waals surface area contributed by atoms with Gasteiger partial charge in [-0.3, -0.25) is 0 Å². The van der Waals surface area contributed by atoms with Crippen molar-refractivity contribution in [1.82, 2.24) is 9.97 Å². The molecule has 0 spiro atoms. The molecule has 2 nitrogen and oxygen atoms in total. The highest BCUT2D eigenvalue weighted by Crippen LogP contribution is 2.24. The summed E-state index contributed by atoms with van der Waals surface area (Å²) in [6.07, 6.45) is 4.01. The van der Waals surface area contributed by atoms with Crippen molar-refractivity contribution >= 4 is 12.2 Å². The fourth-order valence-electron chi connectivity index (χ4n) is 2.79. The SMILES string of the molecule is C(=C/c1nc(-c2ccccc2)cc(-c2ccccc2)n1)/c1ccccc1. The Hall–Kier alpha value is -3.52. The molecule has 0 amide bonds. The van der Waals surface area contributed by atoms with Gasteiger partial charge in [-0.05, 0) is 17.7 Å². The molecule has 0 aliphatic rings. The lowest BCUT2D eigenvalue weighted by molar-refractivity contribution is 1.14. The van der Waals surface area contributed by atoms with Crippen molar-refractivity contribution in [3.63, 3.8) is 0 Å². The van der Waals surface area contributed by atoms with Gasteiger partial charge in [0.05, 0.1) is 11.4 Å². The third kappa shape index (κ3) is 3.76. The molecule has 0 atom stereocenters. The third-order valence-electron chi connectivity index (χ3n) is 4.11. The molecular weight excluding hydrogens is 316 g/mol. The van der Waals surface area contributed by atoms with E-state index in [4.69, 9.17) is 9.97 Å². The van der Waals surface area contributed by atoms with Gasteiger partial charge in [-0.2, -0.15) is 0 Å². The van der Waals surface area contributed by atoms with Crippen LogP contribution in [0, 0.1) is 0 Å². The van der Waals surface area contributed by atoms with Gasteiger partial charge in [-0.15, -0.1) is 0 Å². The fourth-order valence-corrected chi connectivity index (χ4v) is 2.79. The van der Waals surface area contributed by atoms with Gasteiger partial charge in [0.15, 0.2) is 5.82 Å². The second-order valence-corrected chi connectivity index (χ2v) is 5.97. The van der Waals surface area contributed by atoms with Crippen LogP contribution in [0.1, 0.15) is 11.4 Å². The lowest BCUT2D eigenvalue weighted by Gasteiger charge is -2.07. The predicted molar refractivity (Wildman–Crippen MR) is 108 cm³/mol. The van der Waals surface area contributed by atoms with Gasteiger partial charge in [0.2, 0.25) is 0 Å². The number of nitrogens with zero attached hydrogens (tertiary/aromatic N) is 2.